The van der Waals surface area contributed by atoms with Crippen LogP contribution < -0.4 is 10.1 Å². The largest absolute Gasteiger partial charge is 0.494 e. The summed E-state index contributed by atoms with van der Waals surface area (Å²) in [5, 5.41) is 4.09. The molecule has 4 heteroatoms. The number of pyridine rings is 1. The SMILES string of the molecule is CCCNc1nc2c(OC)cc(F)cc2cc1CC. The van der Waals surface area contributed by atoms with Crippen molar-refractivity contribution >= 4 is 16.7 Å². The lowest BCUT2D eigenvalue weighted by Crippen LogP contribution is -2.05. The zero-order chi connectivity index (χ0) is 13.8. The van der Waals surface area contributed by atoms with Gasteiger partial charge in [0, 0.05) is 18.0 Å². The summed E-state index contributed by atoms with van der Waals surface area (Å²) in [6.07, 6.45) is 1.89. The summed E-state index contributed by atoms with van der Waals surface area (Å²) in [6.45, 7) is 5.04. The number of aromatic nitrogens is 1. The van der Waals surface area contributed by atoms with Gasteiger partial charge in [0.15, 0.2) is 0 Å². The summed E-state index contributed by atoms with van der Waals surface area (Å²) >= 11 is 0. The molecule has 0 atom stereocenters. The molecule has 0 aliphatic carbocycles. The minimum atomic E-state index is -0.303. The first-order valence-electron chi connectivity index (χ1n) is 6.60. The summed E-state index contributed by atoms with van der Waals surface area (Å²) in [4.78, 5) is 4.59. The molecule has 2 rings (SSSR count). The average Bonchev–Trinajstić information content (AvgIpc) is 2.43. The maximum atomic E-state index is 13.5. The number of benzene rings is 1. The number of ether oxygens (including phenoxy) is 1. The van der Waals surface area contributed by atoms with E-state index in [-0.39, 0.29) is 5.82 Å². The number of rotatable bonds is 5. The van der Waals surface area contributed by atoms with Crippen molar-refractivity contribution in [2.75, 3.05) is 19.0 Å². The number of nitrogens with one attached hydrogen (secondary N) is 1. The zero-order valence-electron chi connectivity index (χ0n) is 11.6. The third kappa shape index (κ3) is 2.78. The molecule has 0 bridgehead atoms. The predicted molar refractivity (Wildman–Crippen MR) is 76.4 cm³/mol. The molecule has 102 valence electrons. The average molecular weight is 262 g/mol. The Morgan fingerprint density at radius 3 is 2.68 bits per heavy atom. The summed E-state index contributed by atoms with van der Waals surface area (Å²) < 4.78 is 18.7. The van der Waals surface area contributed by atoms with Gasteiger partial charge in [-0.2, -0.15) is 0 Å². The zero-order valence-corrected chi connectivity index (χ0v) is 11.6. The number of hydrogen-bond donors (Lipinski definition) is 1. The number of halogens is 1. The molecular weight excluding hydrogens is 243 g/mol. The monoisotopic (exact) mass is 262 g/mol. The van der Waals surface area contributed by atoms with Crippen LogP contribution >= 0.6 is 0 Å². The summed E-state index contributed by atoms with van der Waals surface area (Å²) in [6, 6.07) is 4.84. The Balaban J connectivity index is 2.60. The third-order valence-corrected chi connectivity index (χ3v) is 3.07. The number of anilines is 1. The van der Waals surface area contributed by atoms with Crippen molar-refractivity contribution in [3.8, 4) is 5.75 Å². The Morgan fingerprint density at radius 1 is 1.26 bits per heavy atom. The van der Waals surface area contributed by atoms with Crippen LogP contribution in [0.3, 0.4) is 0 Å². The second-order valence-electron chi connectivity index (χ2n) is 4.46. The first-order chi connectivity index (χ1) is 9.19. The highest BCUT2D eigenvalue weighted by atomic mass is 19.1. The van der Waals surface area contributed by atoms with E-state index in [1.807, 2.05) is 6.07 Å². The molecule has 1 N–H and O–H groups in total. The van der Waals surface area contributed by atoms with E-state index in [9.17, 15) is 4.39 Å². The molecule has 3 nitrogen and oxygen atoms in total. The first-order valence-corrected chi connectivity index (χ1v) is 6.60. The van der Waals surface area contributed by atoms with Crippen molar-refractivity contribution in [3.05, 3.63) is 29.6 Å². The molecule has 2 aromatic rings. The van der Waals surface area contributed by atoms with Gasteiger partial charge in [-0.3, -0.25) is 0 Å². The Kier molecular flexibility index (Phi) is 4.20. The maximum Gasteiger partial charge on any atom is 0.148 e. The van der Waals surface area contributed by atoms with E-state index >= 15 is 0 Å². The normalized spacial score (nSPS) is 10.7. The van der Waals surface area contributed by atoms with E-state index in [2.05, 4.69) is 24.1 Å². The molecular formula is C15H19FN2O. The van der Waals surface area contributed by atoms with E-state index < -0.39 is 0 Å². The highest BCUT2D eigenvalue weighted by Gasteiger charge is 2.10. The highest BCUT2D eigenvalue weighted by Crippen LogP contribution is 2.29. The molecule has 0 radical (unpaired) electrons. The molecule has 0 aliphatic rings. The molecule has 0 spiro atoms. The van der Waals surface area contributed by atoms with Crippen LogP contribution in [0.2, 0.25) is 0 Å². The van der Waals surface area contributed by atoms with Gasteiger partial charge in [-0.1, -0.05) is 13.8 Å². The van der Waals surface area contributed by atoms with Crippen molar-refractivity contribution < 1.29 is 9.13 Å². The minimum Gasteiger partial charge on any atom is -0.494 e. The Hall–Kier alpha value is -1.84. The van der Waals surface area contributed by atoms with E-state index in [0.29, 0.717) is 11.3 Å². The number of fused-ring (bicyclic) bond motifs is 1. The minimum absolute atomic E-state index is 0.303. The lowest BCUT2D eigenvalue weighted by molar-refractivity contribution is 0.415. The molecule has 1 aromatic carbocycles. The van der Waals surface area contributed by atoms with Crippen molar-refractivity contribution in [1.82, 2.24) is 4.98 Å². The number of nitrogens with zero attached hydrogens (tertiary/aromatic N) is 1. The van der Waals surface area contributed by atoms with Crippen LogP contribution in [0.15, 0.2) is 18.2 Å². The standard InChI is InChI=1S/C15H19FN2O/c1-4-6-17-15-10(5-2)7-11-8-12(16)9-13(19-3)14(11)18-15/h7-9H,4-6H2,1-3H3,(H,17,18). The van der Waals surface area contributed by atoms with E-state index in [1.165, 1.54) is 19.2 Å². The number of aryl methyl sites for hydroxylation is 1. The second-order valence-corrected chi connectivity index (χ2v) is 4.46. The second kappa shape index (κ2) is 5.87. The van der Waals surface area contributed by atoms with Crippen molar-refractivity contribution in [3.63, 3.8) is 0 Å². The van der Waals surface area contributed by atoms with Gasteiger partial charge in [-0.05, 0) is 30.5 Å². The summed E-state index contributed by atoms with van der Waals surface area (Å²) in [7, 11) is 1.53. The number of methoxy groups -OCH3 is 1. The van der Waals surface area contributed by atoms with Crippen molar-refractivity contribution in [2.45, 2.75) is 26.7 Å². The molecule has 0 aliphatic heterocycles. The van der Waals surface area contributed by atoms with Gasteiger partial charge in [0.25, 0.3) is 0 Å². The van der Waals surface area contributed by atoms with Gasteiger partial charge in [-0.15, -0.1) is 0 Å². The lowest BCUT2D eigenvalue weighted by Gasteiger charge is -2.12. The molecule has 1 aromatic heterocycles. The first kappa shape index (κ1) is 13.6. The quantitative estimate of drug-likeness (QED) is 0.890. The smallest absolute Gasteiger partial charge is 0.148 e. The van der Waals surface area contributed by atoms with Gasteiger partial charge in [0.1, 0.15) is 22.9 Å². The molecule has 0 amide bonds. The van der Waals surface area contributed by atoms with E-state index in [1.54, 1.807) is 0 Å². The fourth-order valence-corrected chi connectivity index (χ4v) is 2.09. The molecule has 0 fully saturated rings. The molecule has 0 unspecified atom stereocenters. The van der Waals surface area contributed by atoms with Crippen LogP contribution in [0.1, 0.15) is 25.8 Å². The van der Waals surface area contributed by atoms with Crippen LogP contribution in [0.4, 0.5) is 10.2 Å². The van der Waals surface area contributed by atoms with Crippen molar-refractivity contribution in [1.29, 1.82) is 0 Å². The Labute approximate surface area is 112 Å². The van der Waals surface area contributed by atoms with E-state index in [4.69, 9.17) is 4.74 Å². The fraction of sp³-hybridized carbons (Fsp3) is 0.400. The van der Waals surface area contributed by atoms with Gasteiger partial charge >= 0.3 is 0 Å². The maximum absolute atomic E-state index is 13.5. The summed E-state index contributed by atoms with van der Waals surface area (Å²) in [5.74, 6) is 1.03. The van der Waals surface area contributed by atoms with Gasteiger partial charge < -0.3 is 10.1 Å². The van der Waals surface area contributed by atoms with Gasteiger partial charge in [0.2, 0.25) is 0 Å². The molecule has 0 saturated heterocycles. The Morgan fingerprint density at radius 2 is 2.05 bits per heavy atom. The van der Waals surface area contributed by atoms with Crippen molar-refractivity contribution in [2.24, 2.45) is 0 Å². The fourth-order valence-electron chi connectivity index (χ4n) is 2.09. The Bertz CT molecular complexity index is 584. The van der Waals surface area contributed by atoms with Crippen LogP contribution in [0, 0.1) is 5.82 Å². The van der Waals surface area contributed by atoms with Crippen LogP contribution in [-0.2, 0) is 6.42 Å². The lowest BCUT2D eigenvalue weighted by atomic mass is 10.1. The third-order valence-electron chi connectivity index (χ3n) is 3.07. The predicted octanol–water partition coefficient (Wildman–Crippen LogP) is 3.77. The van der Waals surface area contributed by atoms with Crippen LogP contribution in [0.5, 0.6) is 5.75 Å². The van der Waals surface area contributed by atoms with Gasteiger partial charge in [-0.25, -0.2) is 9.37 Å². The van der Waals surface area contributed by atoms with E-state index in [0.717, 1.165) is 36.2 Å². The molecule has 0 saturated carbocycles. The molecule has 1 heterocycles. The molecule has 19 heavy (non-hydrogen) atoms. The van der Waals surface area contributed by atoms with Gasteiger partial charge in [0.05, 0.1) is 7.11 Å². The van der Waals surface area contributed by atoms with Crippen LogP contribution in [-0.4, -0.2) is 18.6 Å². The number of hydrogen-bond acceptors (Lipinski definition) is 3. The summed E-state index contributed by atoms with van der Waals surface area (Å²) in [5.41, 5.74) is 1.79. The topological polar surface area (TPSA) is 34.2 Å². The van der Waals surface area contributed by atoms with Crippen LogP contribution in [0.25, 0.3) is 10.9 Å². The highest BCUT2D eigenvalue weighted by molar-refractivity contribution is 5.87.